The third-order valence-corrected chi connectivity index (χ3v) is 5.92. The lowest BCUT2D eigenvalue weighted by Gasteiger charge is -2.10. The molecule has 0 amide bonds. The molecule has 0 saturated carbocycles. The lowest BCUT2D eigenvalue weighted by atomic mass is 10.2. The van der Waals surface area contributed by atoms with Crippen LogP contribution in [0.1, 0.15) is 44.5 Å². The Morgan fingerprint density at radius 3 is 2.32 bits per heavy atom. The summed E-state index contributed by atoms with van der Waals surface area (Å²) in [6.07, 6.45) is 6.79. The Balaban J connectivity index is 2.11. The highest BCUT2D eigenvalue weighted by Gasteiger charge is 2.19. The predicted octanol–water partition coefficient (Wildman–Crippen LogP) is 2.98. The van der Waals surface area contributed by atoms with Crippen LogP contribution in [-0.4, -0.2) is 46.5 Å². The molecular weight excluding hydrogens is 434 g/mol. The largest absolute Gasteiger partial charge is 0.493 e. The highest BCUT2D eigenvalue weighted by Crippen LogP contribution is 2.28. The zero-order valence-electron chi connectivity index (χ0n) is 20.8. The van der Waals surface area contributed by atoms with Crippen molar-refractivity contribution in [3.8, 4) is 11.5 Å². The molecule has 0 fully saturated rings. The van der Waals surface area contributed by atoms with Gasteiger partial charge in [0.1, 0.15) is 5.82 Å². The lowest BCUT2D eigenvalue weighted by Crippen LogP contribution is -2.40. The van der Waals surface area contributed by atoms with Gasteiger partial charge in [0.25, 0.3) is 5.56 Å². The van der Waals surface area contributed by atoms with Crippen molar-refractivity contribution < 1.29 is 9.47 Å². The van der Waals surface area contributed by atoms with Crippen molar-refractivity contribution in [3.05, 3.63) is 50.4 Å². The Kier molecular flexibility index (Phi) is 8.70. The second-order valence-corrected chi connectivity index (χ2v) is 7.98. The van der Waals surface area contributed by atoms with Crippen molar-refractivity contribution in [2.75, 3.05) is 27.8 Å². The highest BCUT2D eigenvalue weighted by molar-refractivity contribution is 5.77. The third kappa shape index (κ3) is 5.09. The van der Waals surface area contributed by atoms with Crippen LogP contribution < -0.4 is 26.0 Å². The van der Waals surface area contributed by atoms with Crippen LogP contribution in [0, 0.1) is 0 Å². The van der Waals surface area contributed by atoms with Crippen molar-refractivity contribution in [1.29, 1.82) is 0 Å². The molecule has 0 aliphatic heterocycles. The molecule has 3 aromatic rings. The number of nitrogens with one attached hydrogen (secondary N) is 1. The molecule has 1 aromatic carbocycles. The topological polar surface area (TPSA) is 92.3 Å². The van der Waals surface area contributed by atoms with Gasteiger partial charge in [-0.05, 0) is 64.1 Å². The molecule has 0 aliphatic rings. The zero-order chi connectivity index (χ0) is 24.7. The van der Waals surface area contributed by atoms with Crippen LogP contribution in [0.2, 0.25) is 0 Å². The second-order valence-electron chi connectivity index (χ2n) is 7.98. The van der Waals surface area contributed by atoms with E-state index in [0.717, 1.165) is 31.4 Å². The van der Waals surface area contributed by atoms with Crippen molar-refractivity contribution in [1.82, 2.24) is 24.0 Å². The Morgan fingerprint density at radius 1 is 0.941 bits per heavy atom. The van der Waals surface area contributed by atoms with Gasteiger partial charge < -0.3 is 19.4 Å². The van der Waals surface area contributed by atoms with E-state index in [-0.39, 0.29) is 11.2 Å². The number of unbranched alkanes of at least 4 members (excludes halogenated alkanes) is 2. The molecule has 0 radical (unpaired) electrons. The Bertz CT molecular complexity index is 1270. The number of nitrogens with zero attached hydrogens (tertiary/aromatic N) is 4. The van der Waals surface area contributed by atoms with Gasteiger partial charge in [0.2, 0.25) is 0 Å². The average Bonchev–Trinajstić information content (AvgIpc) is 3.21. The first kappa shape index (κ1) is 25.3. The normalized spacial score (nSPS) is 11.6. The van der Waals surface area contributed by atoms with Gasteiger partial charge in [0.15, 0.2) is 22.7 Å². The van der Waals surface area contributed by atoms with E-state index in [1.165, 1.54) is 4.57 Å². The molecule has 2 aromatic heterocycles. The molecule has 184 valence electrons. The first-order valence-electron chi connectivity index (χ1n) is 11.8. The number of aryl methyl sites for hydroxylation is 2. The molecule has 9 nitrogen and oxygen atoms in total. The summed E-state index contributed by atoms with van der Waals surface area (Å²) >= 11 is 0. The van der Waals surface area contributed by atoms with Gasteiger partial charge in [0.05, 0.1) is 14.2 Å². The van der Waals surface area contributed by atoms with Crippen molar-refractivity contribution in [2.45, 2.75) is 52.7 Å². The van der Waals surface area contributed by atoms with E-state index in [0.29, 0.717) is 48.1 Å². The van der Waals surface area contributed by atoms with Crippen LogP contribution in [0.15, 0.2) is 27.8 Å². The fourth-order valence-corrected chi connectivity index (χ4v) is 4.10. The van der Waals surface area contributed by atoms with Crippen LogP contribution in [0.25, 0.3) is 23.3 Å². The Morgan fingerprint density at radius 2 is 1.68 bits per heavy atom. The summed E-state index contributed by atoms with van der Waals surface area (Å²) < 4.78 is 15.5. The minimum atomic E-state index is -0.323. The van der Waals surface area contributed by atoms with E-state index in [1.54, 1.807) is 18.8 Å². The quantitative estimate of drug-likeness (QED) is 0.410. The molecule has 0 bridgehead atoms. The molecule has 0 spiro atoms. The molecule has 1 N–H and O–H groups in total. The maximum atomic E-state index is 13.3. The highest BCUT2D eigenvalue weighted by atomic mass is 16.5. The van der Waals surface area contributed by atoms with E-state index in [4.69, 9.17) is 14.5 Å². The van der Waals surface area contributed by atoms with E-state index in [1.807, 2.05) is 55.8 Å². The molecule has 3 rings (SSSR count). The molecule has 9 heteroatoms. The molecule has 0 saturated heterocycles. The number of rotatable bonds is 12. The SMILES string of the molecule is CCn1c(=O)c2c(nc(/C=C/c3ccc(OC)c(OC)c3)n2CCCCCNC)n(CC)c1=O. The summed E-state index contributed by atoms with van der Waals surface area (Å²) in [5.41, 5.74) is 1.20. The van der Waals surface area contributed by atoms with E-state index in [2.05, 4.69) is 5.32 Å². The number of hydrogen-bond acceptors (Lipinski definition) is 6. The fourth-order valence-electron chi connectivity index (χ4n) is 4.10. The third-order valence-electron chi connectivity index (χ3n) is 5.92. The summed E-state index contributed by atoms with van der Waals surface area (Å²) in [4.78, 5) is 30.9. The number of aromatic nitrogens is 4. The predicted molar refractivity (Wildman–Crippen MR) is 136 cm³/mol. The van der Waals surface area contributed by atoms with Crippen molar-refractivity contribution in [2.24, 2.45) is 0 Å². The second kappa shape index (κ2) is 11.7. The molecule has 34 heavy (non-hydrogen) atoms. The van der Waals surface area contributed by atoms with Crippen LogP contribution in [0.4, 0.5) is 0 Å². The van der Waals surface area contributed by atoms with E-state index < -0.39 is 0 Å². The summed E-state index contributed by atoms with van der Waals surface area (Å²) in [6, 6.07) is 5.65. The number of imidazole rings is 1. The van der Waals surface area contributed by atoms with Crippen LogP contribution in [-0.2, 0) is 19.6 Å². The zero-order valence-corrected chi connectivity index (χ0v) is 20.8. The molecule has 0 aliphatic carbocycles. The van der Waals surface area contributed by atoms with Gasteiger partial charge in [-0.3, -0.25) is 13.9 Å². The monoisotopic (exact) mass is 469 g/mol. The van der Waals surface area contributed by atoms with Gasteiger partial charge >= 0.3 is 5.69 Å². The van der Waals surface area contributed by atoms with Gasteiger partial charge in [-0.2, -0.15) is 0 Å². The Labute approximate surface area is 199 Å². The molecule has 0 atom stereocenters. The van der Waals surface area contributed by atoms with Crippen LogP contribution in [0.3, 0.4) is 0 Å². The summed E-state index contributed by atoms with van der Waals surface area (Å²) in [6.45, 7) is 6.05. The van der Waals surface area contributed by atoms with Gasteiger partial charge in [-0.25, -0.2) is 9.78 Å². The average molecular weight is 470 g/mol. The molecule has 0 unspecified atom stereocenters. The van der Waals surface area contributed by atoms with E-state index in [9.17, 15) is 9.59 Å². The summed E-state index contributed by atoms with van der Waals surface area (Å²) in [5.74, 6) is 1.93. The molecule has 2 heterocycles. The fraction of sp³-hybridized carbons (Fsp3) is 0.480. The van der Waals surface area contributed by atoms with E-state index >= 15 is 0 Å². The van der Waals surface area contributed by atoms with Crippen LogP contribution >= 0.6 is 0 Å². The first-order valence-corrected chi connectivity index (χ1v) is 11.8. The van der Waals surface area contributed by atoms with Crippen molar-refractivity contribution >= 4 is 23.3 Å². The minimum absolute atomic E-state index is 0.291. The summed E-state index contributed by atoms with van der Waals surface area (Å²) in [7, 11) is 5.14. The summed E-state index contributed by atoms with van der Waals surface area (Å²) in [5, 5.41) is 3.16. The number of hydrogen-bond donors (Lipinski definition) is 1. The van der Waals surface area contributed by atoms with Gasteiger partial charge in [-0.1, -0.05) is 18.6 Å². The lowest BCUT2D eigenvalue weighted by molar-refractivity contribution is 0.355. The standard InChI is InChI=1S/C25H35N5O4/c1-6-28-23-22(24(31)29(7-2)25(28)32)30(16-10-8-9-15-26-3)21(27-23)14-12-18-11-13-19(33-4)20(17-18)34-5/h11-14,17,26H,6-10,15-16H2,1-5H3/b14-12+. The number of methoxy groups -OCH3 is 2. The minimum Gasteiger partial charge on any atom is -0.493 e. The van der Waals surface area contributed by atoms with Gasteiger partial charge in [0, 0.05) is 19.6 Å². The van der Waals surface area contributed by atoms with Gasteiger partial charge in [-0.15, -0.1) is 0 Å². The molecular formula is C25H35N5O4. The number of benzene rings is 1. The smallest absolute Gasteiger partial charge is 0.332 e. The number of ether oxygens (including phenoxy) is 2. The van der Waals surface area contributed by atoms with Crippen molar-refractivity contribution in [3.63, 3.8) is 0 Å². The maximum absolute atomic E-state index is 13.3. The Hall–Kier alpha value is -3.33. The first-order chi connectivity index (χ1) is 16.5. The maximum Gasteiger partial charge on any atom is 0.332 e. The van der Waals surface area contributed by atoms with Crippen LogP contribution in [0.5, 0.6) is 11.5 Å². The number of fused-ring (bicyclic) bond motifs is 1.